The summed E-state index contributed by atoms with van der Waals surface area (Å²) >= 11 is 0. The van der Waals surface area contributed by atoms with E-state index in [1.165, 1.54) is 0 Å². The molecule has 5 heteroatoms. The van der Waals surface area contributed by atoms with Crippen LogP contribution in [0.1, 0.15) is 18.5 Å². The Morgan fingerprint density at radius 3 is 2.77 bits per heavy atom. The summed E-state index contributed by atoms with van der Waals surface area (Å²) in [7, 11) is 0. The average Bonchev–Trinajstić information content (AvgIpc) is 2.19. The topological polar surface area (TPSA) is 83.5 Å². The summed E-state index contributed by atoms with van der Waals surface area (Å²) in [6.45, 7) is 1.87. The second-order valence-corrected chi connectivity index (χ2v) is 2.58. The van der Waals surface area contributed by atoms with Crippen LogP contribution in [0, 0.1) is 0 Å². The Balaban J connectivity index is 2.75. The largest absolute Gasteiger partial charge is 0.368 e. The minimum absolute atomic E-state index is 0.00399. The van der Waals surface area contributed by atoms with Crippen molar-refractivity contribution in [2.45, 2.75) is 13.0 Å². The minimum Gasteiger partial charge on any atom is -0.368 e. The summed E-state index contributed by atoms with van der Waals surface area (Å²) < 4.78 is 0. The van der Waals surface area contributed by atoms with Gasteiger partial charge in [0, 0.05) is 12.4 Å². The van der Waals surface area contributed by atoms with Crippen molar-refractivity contribution in [3.05, 3.63) is 30.1 Å². The highest BCUT2D eigenvalue weighted by molar-refractivity contribution is 5.76. The highest BCUT2D eigenvalue weighted by atomic mass is 16.5. The standard InChI is InChI=1S/C8H12N4O/c1-6(11-8(9)12-13)7-2-4-10-5-3-7/h2-6,13H,1H3,(H3,9,11,12). The second-order valence-electron chi connectivity index (χ2n) is 2.58. The smallest absolute Gasteiger partial charge is 0.213 e. The van der Waals surface area contributed by atoms with Crippen LogP contribution < -0.4 is 11.2 Å². The third-order valence-electron chi connectivity index (χ3n) is 1.64. The summed E-state index contributed by atoms with van der Waals surface area (Å²) in [4.78, 5) is 7.85. The van der Waals surface area contributed by atoms with Gasteiger partial charge in [0.1, 0.15) is 0 Å². The second kappa shape index (κ2) is 4.42. The molecule has 0 saturated carbocycles. The van der Waals surface area contributed by atoms with E-state index in [0.29, 0.717) is 0 Å². The molecule has 70 valence electrons. The maximum atomic E-state index is 8.41. The molecule has 0 aliphatic heterocycles. The van der Waals surface area contributed by atoms with E-state index >= 15 is 0 Å². The van der Waals surface area contributed by atoms with Crippen LogP contribution in [0.5, 0.6) is 0 Å². The Hall–Kier alpha value is -1.62. The summed E-state index contributed by atoms with van der Waals surface area (Å²) in [5, 5.41) is 8.41. The fourth-order valence-corrected chi connectivity index (χ4v) is 0.954. The van der Waals surface area contributed by atoms with Gasteiger partial charge in [-0.15, -0.1) is 0 Å². The number of pyridine rings is 1. The van der Waals surface area contributed by atoms with Crippen LogP contribution in [-0.2, 0) is 0 Å². The van der Waals surface area contributed by atoms with Crippen LogP contribution in [0.3, 0.4) is 0 Å². The highest BCUT2D eigenvalue weighted by Crippen LogP contribution is 2.14. The van der Waals surface area contributed by atoms with E-state index in [4.69, 9.17) is 10.9 Å². The van der Waals surface area contributed by atoms with Crippen LogP contribution in [0.2, 0.25) is 0 Å². The van der Waals surface area contributed by atoms with Gasteiger partial charge >= 0.3 is 0 Å². The van der Waals surface area contributed by atoms with Crippen molar-refractivity contribution in [3.8, 4) is 0 Å². The first-order valence-electron chi connectivity index (χ1n) is 3.87. The molecule has 4 N–H and O–H groups in total. The normalized spacial score (nSPS) is 13.8. The molecule has 0 aliphatic carbocycles. The summed E-state index contributed by atoms with van der Waals surface area (Å²) in [6, 6.07) is 3.60. The number of nitrogens with two attached hydrogens (primary N) is 1. The van der Waals surface area contributed by atoms with Crippen molar-refractivity contribution in [1.29, 1.82) is 0 Å². The Labute approximate surface area is 76.3 Å². The van der Waals surface area contributed by atoms with Crippen LogP contribution in [-0.4, -0.2) is 16.2 Å². The van der Waals surface area contributed by atoms with E-state index in [2.05, 4.69) is 9.98 Å². The summed E-state index contributed by atoms with van der Waals surface area (Å²) in [5.74, 6) is 0.00399. The van der Waals surface area contributed by atoms with Crippen LogP contribution in [0.25, 0.3) is 0 Å². The van der Waals surface area contributed by atoms with E-state index in [1.54, 1.807) is 17.9 Å². The molecule has 1 aromatic heterocycles. The molecule has 0 aliphatic rings. The van der Waals surface area contributed by atoms with Gasteiger partial charge in [0.15, 0.2) is 0 Å². The van der Waals surface area contributed by atoms with Gasteiger partial charge in [-0.25, -0.2) is 10.5 Å². The number of nitrogens with zero attached hydrogens (tertiary/aromatic N) is 2. The molecule has 1 unspecified atom stereocenters. The molecule has 0 radical (unpaired) electrons. The van der Waals surface area contributed by atoms with Gasteiger partial charge in [0.05, 0.1) is 6.04 Å². The Morgan fingerprint density at radius 1 is 1.62 bits per heavy atom. The van der Waals surface area contributed by atoms with Gasteiger partial charge in [-0.2, -0.15) is 0 Å². The molecule has 13 heavy (non-hydrogen) atoms. The van der Waals surface area contributed by atoms with Crippen molar-refractivity contribution in [1.82, 2.24) is 10.5 Å². The molecule has 0 bridgehead atoms. The zero-order valence-electron chi connectivity index (χ0n) is 7.31. The molecule has 0 aromatic carbocycles. The first-order chi connectivity index (χ1) is 6.24. The lowest BCUT2D eigenvalue weighted by Crippen LogP contribution is -2.28. The zero-order chi connectivity index (χ0) is 9.68. The number of rotatable bonds is 2. The molecular weight excluding hydrogens is 168 g/mol. The van der Waals surface area contributed by atoms with Gasteiger partial charge < -0.3 is 5.73 Å². The molecule has 0 saturated heterocycles. The molecule has 0 spiro atoms. The predicted molar refractivity (Wildman–Crippen MR) is 49.2 cm³/mol. The first kappa shape index (κ1) is 9.47. The van der Waals surface area contributed by atoms with Gasteiger partial charge in [-0.1, -0.05) is 0 Å². The van der Waals surface area contributed by atoms with E-state index in [0.717, 1.165) is 5.56 Å². The number of hydroxylamine groups is 1. The molecule has 5 nitrogen and oxygen atoms in total. The lowest BCUT2D eigenvalue weighted by Gasteiger charge is -2.06. The molecule has 0 amide bonds. The van der Waals surface area contributed by atoms with Gasteiger partial charge in [0.2, 0.25) is 5.96 Å². The Kier molecular flexibility index (Phi) is 3.22. The highest BCUT2D eigenvalue weighted by Gasteiger charge is 2.02. The third-order valence-corrected chi connectivity index (χ3v) is 1.64. The molecule has 1 aromatic rings. The molecule has 1 rings (SSSR count). The van der Waals surface area contributed by atoms with E-state index in [1.807, 2.05) is 19.1 Å². The SMILES string of the molecule is CC(N=C(N)NO)c1ccncc1. The Bertz CT molecular complexity index is 285. The number of hydrogen-bond donors (Lipinski definition) is 3. The van der Waals surface area contributed by atoms with Crippen LogP contribution in [0.15, 0.2) is 29.5 Å². The van der Waals surface area contributed by atoms with Gasteiger partial charge in [-0.3, -0.25) is 10.2 Å². The van der Waals surface area contributed by atoms with E-state index in [-0.39, 0.29) is 12.0 Å². The fraction of sp³-hybridized carbons (Fsp3) is 0.250. The molecule has 1 atom stereocenters. The van der Waals surface area contributed by atoms with Crippen molar-refractivity contribution in [3.63, 3.8) is 0 Å². The van der Waals surface area contributed by atoms with Crippen LogP contribution in [0.4, 0.5) is 0 Å². The first-order valence-corrected chi connectivity index (χ1v) is 3.87. The quantitative estimate of drug-likeness (QED) is 0.350. The lowest BCUT2D eigenvalue weighted by atomic mass is 10.1. The molecule has 0 fully saturated rings. The number of hydrogen-bond acceptors (Lipinski definition) is 3. The summed E-state index contributed by atoms with van der Waals surface area (Å²) in [6.07, 6.45) is 3.37. The zero-order valence-corrected chi connectivity index (χ0v) is 7.31. The minimum atomic E-state index is -0.0948. The monoisotopic (exact) mass is 180 g/mol. The fourth-order valence-electron chi connectivity index (χ4n) is 0.954. The number of aliphatic imine (C=N–C) groups is 1. The van der Waals surface area contributed by atoms with Crippen molar-refractivity contribution in [2.24, 2.45) is 10.7 Å². The maximum Gasteiger partial charge on any atom is 0.213 e. The van der Waals surface area contributed by atoms with E-state index < -0.39 is 0 Å². The Morgan fingerprint density at radius 2 is 2.23 bits per heavy atom. The van der Waals surface area contributed by atoms with Crippen LogP contribution >= 0.6 is 0 Å². The van der Waals surface area contributed by atoms with E-state index in [9.17, 15) is 0 Å². The maximum absolute atomic E-state index is 8.41. The number of guanidine groups is 1. The number of nitrogens with one attached hydrogen (secondary N) is 1. The van der Waals surface area contributed by atoms with Crippen molar-refractivity contribution in [2.75, 3.05) is 0 Å². The molecule has 1 heterocycles. The summed E-state index contributed by atoms with van der Waals surface area (Å²) in [5.41, 5.74) is 8.06. The van der Waals surface area contributed by atoms with Gasteiger partial charge in [0.25, 0.3) is 0 Å². The lowest BCUT2D eigenvalue weighted by molar-refractivity contribution is 0.232. The third kappa shape index (κ3) is 2.72. The van der Waals surface area contributed by atoms with Gasteiger partial charge in [-0.05, 0) is 24.6 Å². The van der Waals surface area contributed by atoms with Crippen molar-refractivity contribution >= 4 is 5.96 Å². The molecular formula is C8H12N4O. The number of aromatic nitrogens is 1. The van der Waals surface area contributed by atoms with Crippen molar-refractivity contribution < 1.29 is 5.21 Å². The predicted octanol–water partition coefficient (Wildman–Crippen LogP) is 0.436. The average molecular weight is 180 g/mol.